The molecular weight excluding hydrogens is 377 g/mol. The Kier molecular flexibility index (Phi) is 4.05. The number of alkyl halides is 1. The second-order valence-electron chi connectivity index (χ2n) is 5.00. The predicted molar refractivity (Wildman–Crippen MR) is 90.8 cm³/mol. The molecule has 1 atom stereocenters. The Labute approximate surface area is 137 Å². The number of carbonyl (C=O) groups excluding carboxylic acids is 1. The topological polar surface area (TPSA) is 38.7 Å². The molecule has 0 radical (unpaired) electrons. The molecule has 0 N–H and O–H groups in total. The number of hydrogen-bond acceptors (Lipinski definition) is 3. The van der Waals surface area contributed by atoms with Gasteiger partial charge >= 0.3 is 5.97 Å². The second kappa shape index (κ2) is 5.97. The number of halogens is 1. The van der Waals surface area contributed by atoms with Gasteiger partial charge in [0, 0.05) is 16.4 Å². The van der Waals surface area contributed by atoms with Crippen LogP contribution in [0.4, 0.5) is 0 Å². The molecule has 0 fully saturated rings. The van der Waals surface area contributed by atoms with Crippen molar-refractivity contribution < 1.29 is 9.53 Å². The van der Waals surface area contributed by atoms with Crippen LogP contribution in [0.25, 0.3) is 0 Å². The maximum atomic E-state index is 12.4. The summed E-state index contributed by atoms with van der Waals surface area (Å²) >= 11 is 2.21. The van der Waals surface area contributed by atoms with E-state index in [-0.39, 0.29) is 5.97 Å². The van der Waals surface area contributed by atoms with Crippen molar-refractivity contribution in [2.75, 3.05) is 4.43 Å². The van der Waals surface area contributed by atoms with Crippen LogP contribution in [-0.2, 0) is 16.0 Å². The Morgan fingerprint density at radius 2 is 1.62 bits per heavy atom. The number of carbonyl (C=O) groups is 1. The van der Waals surface area contributed by atoms with E-state index in [0.717, 1.165) is 11.1 Å². The molecule has 0 bridgehead atoms. The van der Waals surface area contributed by atoms with Gasteiger partial charge in [0.15, 0.2) is 5.54 Å². The smallest absolute Gasteiger partial charge is 0.342 e. The molecule has 0 aliphatic carbocycles. The largest absolute Gasteiger partial charge is 0.405 e. The molecule has 21 heavy (non-hydrogen) atoms. The molecule has 2 aromatic rings. The molecule has 1 aliphatic heterocycles. The SMILES string of the molecule is O=C1OC(c2ccccc2)=NC1(CI)Cc1ccccc1. The van der Waals surface area contributed by atoms with E-state index in [1.54, 1.807) is 0 Å². The summed E-state index contributed by atoms with van der Waals surface area (Å²) < 4.78 is 6.02. The zero-order valence-electron chi connectivity index (χ0n) is 11.3. The molecule has 1 unspecified atom stereocenters. The summed E-state index contributed by atoms with van der Waals surface area (Å²) in [5.41, 5.74) is 1.11. The fourth-order valence-corrected chi connectivity index (χ4v) is 3.08. The first-order valence-corrected chi connectivity index (χ1v) is 8.23. The maximum Gasteiger partial charge on any atom is 0.342 e. The average molecular weight is 391 g/mol. The van der Waals surface area contributed by atoms with Crippen LogP contribution >= 0.6 is 22.6 Å². The normalized spacial score (nSPS) is 21.0. The zero-order chi connectivity index (χ0) is 14.7. The van der Waals surface area contributed by atoms with Crippen LogP contribution in [0, 0.1) is 0 Å². The minimum Gasteiger partial charge on any atom is -0.405 e. The summed E-state index contributed by atoms with van der Waals surface area (Å²) in [4.78, 5) is 17.0. The van der Waals surface area contributed by atoms with Gasteiger partial charge in [-0.2, -0.15) is 0 Å². The molecule has 2 aromatic carbocycles. The van der Waals surface area contributed by atoms with E-state index in [4.69, 9.17) is 4.74 Å². The Morgan fingerprint density at radius 3 is 2.24 bits per heavy atom. The fraction of sp³-hybridized carbons (Fsp3) is 0.176. The fourth-order valence-electron chi connectivity index (χ4n) is 2.33. The minimum atomic E-state index is -0.812. The Bertz CT molecular complexity index is 670. The summed E-state index contributed by atoms with van der Waals surface area (Å²) in [7, 11) is 0. The number of rotatable bonds is 4. The average Bonchev–Trinajstić information content (AvgIpc) is 2.87. The Hall–Kier alpha value is -1.69. The number of hydrogen-bond donors (Lipinski definition) is 0. The van der Waals surface area contributed by atoms with Crippen LogP contribution in [-0.4, -0.2) is 21.8 Å². The van der Waals surface area contributed by atoms with Gasteiger partial charge in [0.25, 0.3) is 0 Å². The number of esters is 1. The zero-order valence-corrected chi connectivity index (χ0v) is 13.5. The van der Waals surface area contributed by atoms with Crippen molar-refractivity contribution in [3.8, 4) is 0 Å². The third-order valence-electron chi connectivity index (χ3n) is 3.47. The van der Waals surface area contributed by atoms with Gasteiger partial charge in [0.1, 0.15) is 0 Å². The van der Waals surface area contributed by atoms with Gasteiger partial charge in [-0.15, -0.1) is 0 Å². The minimum absolute atomic E-state index is 0.264. The Morgan fingerprint density at radius 1 is 1.00 bits per heavy atom. The molecule has 106 valence electrons. The molecule has 3 rings (SSSR count). The van der Waals surface area contributed by atoms with Gasteiger partial charge in [-0.25, -0.2) is 9.79 Å². The Balaban J connectivity index is 1.94. The quantitative estimate of drug-likeness (QED) is 0.455. The van der Waals surface area contributed by atoms with E-state index >= 15 is 0 Å². The summed E-state index contributed by atoms with van der Waals surface area (Å²) in [6.07, 6.45) is 0.561. The number of nitrogens with zero attached hydrogens (tertiary/aromatic N) is 1. The summed E-state index contributed by atoms with van der Waals surface area (Å²) in [5, 5.41) is 0. The van der Waals surface area contributed by atoms with Crippen molar-refractivity contribution in [2.45, 2.75) is 12.0 Å². The molecule has 0 aromatic heterocycles. The molecule has 0 amide bonds. The highest BCUT2D eigenvalue weighted by Crippen LogP contribution is 2.29. The molecule has 0 saturated carbocycles. The first kappa shape index (κ1) is 14.3. The summed E-state index contributed by atoms with van der Waals surface area (Å²) in [6, 6.07) is 19.5. The van der Waals surface area contributed by atoms with Crippen molar-refractivity contribution in [1.82, 2.24) is 0 Å². The van der Waals surface area contributed by atoms with E-state index in [0.29, 0.717) is 16.7 Å². The molecule has 1 aliphatic rings. The monoisotopic (exact) mass is 391 g/mol. The van der Waals surface area contributed by atoms with E-state index in [1.807, 2.05) is 60.7 Å². The third kappa shape index (κ3) is 2.85. The second-order valence-corrected chi connectivity index (χ2v) is 5.76. The lowest BCUT2D eigenvalue weighted by molar-refractivity contribution is -0.138. The van der Waals surface area contributed by atoms with Crippen molar-refractivity contribution in [3.63, 3.8) is 0 Å². The van der Waals surface area contributed by atoms with E-state index in [2.05, 4.69) is 27.6 Å². The van der Waals surface area contributed by atoms with E-state index in [1.165, 1.54) is 0 Å². The summed E-state index contributed by atoms with van der Waals surface area (Å²) in [6.45, 7) is 0. The first-order valence-electron chi connectivity index (χ1n) is 6.71. The molecular formula is C17H14INO2. The van der Waals surface area contributed by atoms with Gasteiger partial charge in [0.05, 0.1) is 0 Å². The van der Waals surface area contributed by atoms with Gasteiger partial charge in [0.2, 0.25) is 5.90 Å². The van der Waals surface area contributed by atoms with Crippen molar-refractivity contribution in [2.24, 2.45) is 4.99 Å². The van der Waals surface area contributed by atoms with Gasteiger partial charge in [-0.1, -0.05) is 71.1 Å². The van der Waals surface area contributed by atoms with Gasteiger partial charge in [-0.05, 0) is 17.7 Å². The number of aliphatic imine (C=N–C) groups is 1. The van der Waals surface area contributed by atoms with Gasteiger partial charge < -0.3 is 4.74 Å². The number of benzene rings is 2. The summed E-state index contributed by atoms with van der Waals surface area (Å²) in [5.74, 6) is 0.160. The lowest BCUT2D eigenvalue weighted by Crippen LogP contribution is -2.38. The van der Waals surface area contributed by atoms with Crippen LogP contribution < -0.4 is 0 Å². The van der Waals surface area contributed by atoms with Crippen LogP contribution in [0.3, 0.4) is 0 Å². The van der Waals surface area contributed by atoms with Crippen molar-refractivity contribution in [1.29, 1.82) is 0 Å². The van der Waals surface area contributed by atoms with Gasteiger partial charge in [-0.3, -0.25) is 0 Å². The highest BCUT2D eigenvalue weighted by molar-refractivity contribution is 14.1. The van der Waals surface area contributed by atoms with Crippen LogP contribution in [0.1, 0.15) is 11.1 Å². The first-order chi connectivity index (χ1) is 10.2. The highest BCUT2D eigenvalue weighted by atomic mass is 127. The maximum absolute atomic E-state index is 12.4. The molecule has 1 heterocycles. The third-order valence-corrected chi connectivity index (χ3v) is 4.73. The lowest BCUT2D eigenvalue weighted by atomic mass is 9.94. The van der Waals surface area contributed by atoms with Crippen molar-refractivity contribution in [3.05, 3.63) is 71.8 Å². The van der Waals surface area contributed by atoms with E-state index in [9.17, 15) is 4.79 Å². The lowest BCUT2D eigenvalue weighted by Gasteiger charge is -2.18. The van der Waals surface area contributed by atoms with Crippen LogP contribution in [0.15, 0.2) is 65.7 Å². The van der Waals surface area contributed by atoms with Crippen molar-refractivity contribution >= 4 is 34.5 Å². The predicted octanol–water partition coefficient (Wildman–Crippen LogP) is 3.41. The molecule has 4 heteroatoms. The number of cyclic esters (lactones) is 1. The molecule has 0 saturated heterocycles. The highest BCUT2D eigenvalue weighted by Gasteiger charge is 2.45. The molecule has 3 nitrogen and oxygen atoms in total. The van der Waals surface area contributed by atoms with Crippen LogP contribution in [0.2, 0.25) is 0 Å². The molecule has 0 spiro atoms. The van der Waals surface area contributed by atoms with Crippen LogP contribution in [0.5, 0.6) is 0 Å². The number of ether oxygens (including phenoxy) is 1. The van der Waals surface area contributed by atoms with E-state index < -0.39 is 5.54 Å². The standard InChI is InChI=1S/C17H14INO2/c18-12-17(11-13-7-3-1-4-8-13)16(20)21-15(19-17)14-9-5-2-6-10-14/h1-10H,11-12H2.